The highest BCUT2D eigenvalue weighted by molar-refractivity contribution is 5.85. The molecule has 0 aliphatic carbocycles. The number of nitrogens with one attached hydrogen (secondary N) is 1. The smallest absolute Gasteiger partial charge is 0.242 e. The number of rotatable bonds is 5. The maximum absolute atomic E-state index is 12.1. The van der Waals surface area contributed by atoms with Crippen LogP contribution in [0, 0.1) is 0 Å². The third-order valence-electron chi connectivity index (χ3n) is 3.38. The van der Waals surface area contributed by atoms with E-state index in [0.717, 1.165) is 29.7 Å². The first-order chi connectivity index (χ1) is 9.58. The van der Waals surface area contributed by atoms with Crippen LogP contribution >= 0.6 is 0 Å². The molecule has 5 nitrogen and oxygen atoms in total. The molecule has 0 spiro atoms. The topological polar surface area (TPSA) is 72.9 Å². The van der Waals surface area contributed by atoms with E-state index in [4.69, 9.17) is 5.73 Å². The molecular formula is C15H22N4O. The van der Waals surface area contributed by atoms with Gasteiger partial charge in [-0.05, 0) is 38.5 Å². The maximum atomic E-state index is 12.1. The van der Waals surface area contributed by atoms with E-state index in [1.807, 2.05) is 36.6 Å². The zero-order valence-electron chi connectivity index (χ0n) is 12.3. The third kappa shape index (κ3) is 2.61. The van der Waals surface area contributed by atoms with Crippen molar-refractivity contribution in [1.29, 1.82) is 0 Å². The van der Waals surface area contributed by atoms with E-state index in [-0.39, 0.29) is 11.9 Å². The van der Waals surface area contributed by atoms with Crippen molar-refractivity contribution in [2.75, 3.05) is 12.3 Å². The Morgan fingerprint density at radius 3 is 2.85 bits per heavy atom. The quantitative estimate of drug-likeness (QED) is 0.821. The molecule has 0 radical (unpaired) electrons. The summed E-state index contributed by atoms with van der Waals surface area (Å²) >= 11 is 0. The van der Waals surface area contributed by atoms with Gasteiger partial charge >= 0.3 is 0 Å². The van der Waals surface area contributed by atoms with Crippen LogP contribution in [0.3, 0.4) is 0 Å². The van der Waals surface area contributed by atoms with Crippen LogP contribution in [-0.4, -0.2) is 22.0 Å². The highest BCUT2D eigenvalue weighted by Crippen LogP contribution is 2.24. The number of hydrogen-bond donors (Lipinski definition) is 2. The average molecular weight is 274 g/mol. The van der Waals surface area contributed by atoms with E-state index in [9.17, 15) is 4.79 Å². The van der Waals surface area contributed by atoms with Crippen molar-refractivity contribution in [3.63, 3.8) is 0 Å². The summed E-state index contributed by atoms with van der Waals surface area (Å²) in [7, 11) is 0. The molecule has 2 rings (SSSR count). The number of carbonyl (C=O) groups is 1. The molecule has 5 heteroatoms. The van der Waals surface area contributed by atoms with Crippen LogP contribution in [-0.2, 0) is 11.2 Å². The van der Waals surface area contributed by atoms with Gasteiger partial charge in [0, 0.05) is 18.7 Å². The number of likely N-dealkylation sites (N-methyl/N-ethyl adjacent to an activating group) is 1. The second-order valence-electron chi connectivity index (χ2n) is 4.97. The summed E-state index contributed by atoms with van der Waals surface area (Å²) in [6.45, 7) is 6.56. The SMILES string of the molecule is CCCc1nc2cc(N)ccc2n1C(C)C(=O)NCC. The Balaban J connectivity index is 2.53. The molecule has 1 heterocycles. The van der Waals surface area contributed by atoms with Gasteiger partial charge in [-0.1, -0.05) is 6.92 Å². The number of aryl methyl sites for hydroxylation is 1. The third-order valence-corrected chi connectivity index (χ3v) is 3.38. The molecule has 0 bridgehead atoms. The largest absolute Gasteiger partial charge is 0.399 e. The Morgan fingerprint density at radius 2 is 2.20 bits per heavy atom. The van der Waals surface area contributed by atoms with E-state index in [0.29, 0.717) is 12.2 Å². The number of carbonyl (C=O) groups excluding carboxylic acids is 1. The van der Waals surface area contributed by atoms with Crippen molar-refractivity contribution in [3.8, 4) is 0 Å². The molecule has 0 fully saturated rings. The van der Waals surface area contributed by atoms with E-state index < -0.39 is 0 Å². The van der Waals surface area contributed by atoms with Gasteiger partial charge in [0.1, 0.15) is 11.9 Å². The van der Waals surface area contributed by atoms with Crippen molar-refractivity contribution in [2.24, 2.45) is 0 Å². The molecule has 2 aromatic rings. The lowest BCUT2D eigenvalue weighted by molar-refractivity contribution is -0.123. The minimum Gasteiger partial charge on any atom is -0.399 e. The van der Waals surface area contributed by atoms with Crippen molar-refractivity contribution >= 4 is 22.6 Å². The molecule has 1 aromatic heterocycles. The van der Waals surface area contributed by atoms with E-state index in [1.165, 1.54) is 0 Å². The van der Waals surface area contributed by atoms with Gasteiger partial charge in [0.05, 0.1) is 11.0 Å². The van der Waals surface area contributed by atoms with E-state index in [2.05, 4.69) is 17.2 Å². The van der Waals surface area contributed by atoms with Crippen LogP contribution < -0.4 is 11.1 Å². The fourth-order valence-electron chi connectivity index (χ4n) is 2.44. The second kappa shape index (κ2) is 5.94. The molecule has 1 aromatic carbocycles. The molecule has 0 saturated heterocycles. The monoisotopic (exact) mass is 274 g/mol. The average Bonchev–Trinajstić information content (AvgIpc) is 2.75. The lowest BCUT2D eigenvalue weighted by Crippen LogP contribution is -2.31. The number of anilines is 1. The summed E-state index contributed by atoms with van der Waals surface area (Å²) < 4.78 is 2.02. The Hall–Kier alpha value is -2.04. The molecule has 108 valence electrons. The fourth-order valence-corrected chi connectivity index (χ4v) is 2.44. The van der Waals surface area contributed by atoms with Crippen LogP contribution in [0.2, 0.25) is 0 Å². The maximum Gasteiger partial charge on any atom is 0.242 e. The summed E-state index contributed by atoms with van der Waals surface area (Å²) in [5.41, 5.74) is 8.31. The highest BCUT2D eigenvalue weighted by Gasteiger charge is 2.20. The van der Waals surface area contributed by atoms with Crippen LogP contribution in [0.1, 0.15) is 39.1 Å². The van der Waals surface area contributed by atoms with Gasteiger partial charge in [0.15, 0.2) is 0 Å². The lowest BCUT2D eigenvalue weighted by atomic mass is 10.2. The van der Waals surface area contributed by atoms with Crippen LogP contribution in [0.25, 0.3) is 11.0 Å². The van der Waals surface area contributed by atoms with Crippen molar-refractivity contribution in [1.82, 2.24) is 14.9 Å². The minimum absolute atomic E-state index is 0.0148. The Labute approximate surface area is 119 Å². The molecular weight excluding hydrogens is 252 g/mol. The van der Waals surface area contributed by atoms with Crippen LogP contribution in [0.5, 0.6) is 0 Å². The number of aromatic nitrogens is 2. The van der Waals surface area contributed by atoms with Gasteiger partial charge in [-0.3, -0.25) is 4.79 Å². The van der Waals surface area contributed by atoms with Crippen molar-refractivity contribution in [2.45, 2.75) is 39.7 Å². The molecule has 3 N–H and O–H groups in total. The zero-order chi connectivity index (χ0) is 14.7. The predicted octanol–water partition coefficient (Wildman–Crippen LogP) is 2.27. The van der Waals surface area contributed by atoms with Gasteiger partial charge in [-0.15, -0.1) is 0 Å². The number of hydrogen-bond acceptors (Lipinski definition) is 3. The van der Waals surface area contributed by atoms with Crippen LogP contribution in [0.4, 0.5) is 5.69 Å². The first-order valence-corrected chi connectivity index (χ1v) is 7.12. The summed E-state index contributed by atoms with van der Waals surface area (Å²) in [6, 6.07) is 5.37. The molecule has 20 heavy (non-hydrogen) atoms. The Kier molecular flexibility index (Phi) is 4.27. The number of nitrogens with zero attached hydrogens (tertiary/aromatic N) is 2. The fraction of sp³-hybridized carbons (Fsp3) is 0.467. The van der Waals surface area contributed by atoms with Gasteiger partial charge in [0.2, 0.25) is 5.91 Å². The van der Waals surface area contributed by atoms with Gasteiger partial charge in [-0.2, -0.15) is 0 Å². The molecule has 1 unspecified atom stereocenters. The number of nitrogen functional groups attached to an aromatic ring is 1. The number of fused-ring (bicyclic) bond motifs is 1. The highest BCUT2D eigenvalue weighted by atomic mass is 16.2. The molecule has 0 saturated carbocycles. The molecule has 0 aliphatic rings. The van der Waals surface area contributed by atoms with E-state index in [1.54, 1.807) is 0 Å². The Morgan fingerprint density at radius 1 is 1.45 bits per heavy atom. The molecule has 1 amide bonds. The lowest BCUT2D eigenvalue weighted by Gasteiger charge is -2.16. The minimum atomic E-state index is -0.273. The summed E-state index contributed by atoms with van der Waals surface area (Å²) in [5.74, 6) is 0.952. The van der Waals surface area contributed by atoms with Gasteiger partial charge < -0.3 is 15.6 Å². The van der Waals surface area contributed by atoms with Crippen LogP contribution in [0.15, 0.2) is 18.2 Å². The summed E-state index contributed by atoms with van der Waals surface area (Å²) in [6.07, 6.45) is 1.83. The zero-order valence-corrected chi connectivity index (χ0v) is 12.3. The number of amides is 1. The van der Waals surface area contributed by atoms with E-state index >= 15 is 0 Å². The second-order valence-corrected chi connectivity index (χ2v) is 4.97. The predicted molar refractivity (Wildman–Crippen MR) is 81.5 cm³/mol. The standard InChI is InChI=1S/C15H22N4O/c1-4-6-14-18-12-9-11(16)7-8-13(12)19(14)10(3)15(20)17-5-2/h7-10H,4-6,16H2,1-3H3,(H,17,20). The molecule has 1 atom stereocenters. The number of benzene rings is 1. The number of nitrogens with two attached hydrogens (primary N) is 1. The summed E-state index contributed by atoms with van der Waals surface area (Å²) in [4.78, 5) is 16.8. The normalized spacial score (nSPS) is 12.6. The first-order valence-electron chi connectivity index (χ1n) is 7.12. The van der Waals surface area contributed by atoms with Gasteiger partial charge in [-0.25, -0.2) is 4.98 Å². The summed E-state index contributed by atoms with van der Waals surface area (Å²) in [5, 5.41) is 2.87. The molecule has 0 aliphatic heterocycles. The van der Waals surface area contributed by atoms with Crippen molar-refractivity contribution in [3.05, 3.63) is 24.0 Å². The van der Waals surface area contributed by atoms with Gasteiger partial charge in [0.25, 0.3) is 0 Å². The number of imidazole rings is 1. The first kappa shape index (κ1) is 14.4. The van der Waals surface area contributed by atoms with Crippen molar-refractivity contribution < 1.29 is 4.79 Å². The Bertz CT molecular complexity index is 618.